The molecule has 0 saturated heterocycles. The molecule has 0 radical (unpaired) electrons. The summed E-state index contributed by atoms with van der Waals surface area (Å²) in [5.74, 6) is 1.36. The summed E-state index contributed by atoms with van der Waals surface area (Å²) in [5.41, 5.74) is 3.01. The monoisotopic (exact) mass is 235 g/mol. The number of nitrogens with zero attached hydrogens (tertiary/aromatic N) is 1. The maximum Gasteiger partial charge on any atom is 0.128 e. The van der Waals surface area contributed by atoms with Crippen LogP contribution in [0.25, 0.3) is 0 Å². The molecule has 0 N–H and O–H groups in total. The third kappa shape index (κ3) is 2.76. The molecule has 0 aromatic carbocycles. The van der Waals surface area contributed by atoms with E-state index < -0.39 is 0 Å². The molecule has 1 rings (SSSR count). The molecular weight excluding hydrogens is 221 g/mol. The van der Waals surface area contributed by atoms with E-state index in [1.807, 2.05) is 20.8 Å². The highest BCUT2D eigenvalue weighted by molar-refractivity contribution is 6.17. The van der Waals surface area contributed by atoms with Crippen molar-refractivity contribution in [2.75, 3.05) is 6.61 Å². The van der Waals surface area contributed by atoms with Gasteiger partial charge < -0.3 is 4.74 Å². The molecule has 4 heteroatoms. The van der Waals surface area contributed by atoms with E-state index in [2.05, 4.69) is 4.98 Å². The van der Waals surface area contributed by atoms with Crippen molar-refractivity contribution in [3.63, 3.8) is 0 Å². The molecule has 0 bridgehead atoms. The highest BCUT2D eigenvalue weighted by atomic mass is 35.5. The molecule has 0 aliphatic rings. The fraction of sp³-hybridized carbons (Fsp3) is 0.500. The van der Waals surface area contributed by atoms with E-state index >= 15 is 0 Å². The van der Waals surface area contributed by atoms with Gasteiger partial charge in [0.1, 0.15) is 5.75 Å². The second-order valence-corrected chi connectivity index (χ2v) is 3.18. The molecule has 0 atom stereocenters. The average Bonchev–Trinajstić information content (AvgIpc) is 2.12. The third-order valence-corrected chi connectivity index (χ3v) is 2.21. The van der Waals surface area contributed by atoms with Crippen LogP contribution in [0.2, 0.25) is 0 Å². The van der Waals surface area contributed by atoms with Crippen LogP contribution in [0.5, 0.6) is 5.75 Å². The summed E-state index contributed by atoms with van der Waals surface area (Å²) in [6.45, 7) is 6.62. The molecule has 1 aromatic rings. The van der Waals surface area contributed by atoms with Gasteiger partial charge in [-0.2, -0.15) is 0 Å². The number of alkyl halides is 1. The number of aromatic nitrogens is 1. The van der Waals surface area contributed by atoms with Crippen LogP contribution in [-0.4, -0.2) is 11.6 Å². The fourth-order valence-corrected chi connectivity index (χ4v) is 1.53. The summed E-state index contributed by atoms with van der Waals surface area (Å²) < 4.78 is 5.51. The van der Waals surface area contributed by atoms with Gasteiger partial charge in [-0.15, -0.1) is 24.0 Å². The second-order valence-electron chi connectivity index (χ2n) is 2.91. The summed E-state index contributed by atoms with van der Waals surface area (Å²) in [4.78, 5) is 4.23. The molecule has 0 spiro atoms. The SMILES string of the molecule is CCOc1c(C)cnc(CCl)c1C.Cl. The van der Waals surface area contributed by atoms with E-state index in [-0.39, 0.29) is 12.4 Å². The van der Waals surface area contributed by atoms with Crippen LogP contribution >= 0.6 is 24.0 Å². The minimum Gasteiger partial charge on any atom is -0.493 e. The second kappa shape index (κ2) is 6.10. The van der Waals surface area contributed by atoms with Gasteiger partial charge in [0, 0.05) is 17.3 Å². The van der Waals surface area contributed by atoms with Crippen LogP contribution in [0.4, 0.5) is 0 Å². The molecule has 0 unspecified atom stereocenters. The predicted molar refractivity (Wildman–Crippen MR) is 61.7 cm³/mol. The lowest BCUT2D eigenvalue weighted by Gasteiger charge is -2.11. The highest BCUT2D eigenvalue weighted by Crippen LogP contribution is 2.25. The molecule has 1 aromatic heterocycles. The van der Waals surface area contributed by atoms with Crippen molar-refractivity contribution in [2.24, 2.45) is 0 Å². The fourth-order valence-electron chi connectivity index (χ4n) is 1.26. The molecule has 0 aliphatic heterocycles. The summed E-state index contributed by atoms with van der Waals surface area (Å²) in [5, 5.41) is 0. The first-order chi connectivity index (χ1) is 6.20. The van der Waals surface area contributed by atoms with E-state index in [1.165, 1.54) is 0 Å². The molecule has 1 heterocycles. The van der Waals surface area contributed by atoms with Crippen LogP contribution in [0.15, 0.2) is 6.20 Å². The zero-order chi connectivity index (χ0) is 9.84. The van der Waals surface area contributed by atoms with Gasteiger partial charge >= 0.3 is 0 Å². The van der Waals surface area contributed by atoms with E-state index in [0.717, 1.165) is 22.6 Å². The average molecular weight is 236 g/mol. The maximum absolute atomic E-state index is 5.74. The molecule has 14 heavy (non-hydrogen) atoms. The van der Waals surface area contributed by atoms with Crippen molar-refractivity contribution in [3.05, 3.63) is 23.0 Å². The van der Waals surface area contributed by atoms with Gasteiger partial charge in [0.15, 0.2) is 0 Å². The van der Waals surface area contributed by atoms with Crippen molar-refractivity contribution in [2.45, 2.75) is 26.7 Å². The molecule has 0 saturated carbocycles. The maximum atomic E-state index is 5.74. The lowest BCUT2D eigenvalue weighted by Crippen LogP contribution is -2.01. The van der Waals surface area contributed by atoms with E-state index in [1.54, 1.807) is 6.20 Å². The van der Waals surface area contributed by atoms with Crippen molar-refractivity contribution in [3.8, 4) is 5.75 Å². The van der Waals surface area contributed by atoms with E-state index in [0.29, 0.717) is 12.5 Å². The number of hydrogen-bond donors (Lipinski definition) is 0. The van der Waals surface area contributed by atoms with Crippen molar-refractivity contribution >= 4 is 24.0 Å². The Morgan fingerprint density at radius 2 is 2.07 bits per heavy atom. The normalized spacial score (nSPS) is 9.43. The van der Waals surface area contributed by atoms with Gasteiger partial charge in [0.2, 0.25) is 0 Å². The zero-order valence-electron chi connectivity index (χ0n) is 8.63. The molecule has 0 amide bonds. The Morgan fingerprint density at radius 3 is 2.57 bits per heavy atom. The Kier molecular flexibility index (Phi) is 5.89. The number of halogens is 2. The summed E-state index contributed by atoms with van der Waals surface area (Å²) in [6, 6.07) is 0. The Labute approximate surface area is 96.0 Å². The van der Waals surface area contributed by atoms with Crippen molar-refractivity contribution in [1.82, 2.24) is 4.98 Å². The predicted octanol–water partition coefficient (Wildman–Crippen LogP) is 3.26. The number of pyridine rings is 1. The smallest absolute Gasteiger partial charge is 0.128 e. The molecule has 0 aliphatic carbocycles. The summed E-state index contributed by atoms with van der Waals surface area (Å²) in [6.07, 6.45) is 1.80. The molecule has 2 nitrogen and oxygen atoms in total. The Morgan fingerprint density at radius 1 is 1.43 bits per heavy atom. The minimum atomic E-state index is 0. The first-order valence-electron chi connectivity index (χ1n) is 4.34. The number of hydrogen-bond acceptors (Lipinski definition) is 2. The first kappa shape index (κ1) is 13.5. The molecule has 80 valence electrons. The Bertz CT molecular complexity index is 302. The van der Waals surface area contributed by atoms with Crippen molar-refractivity contribution < 1.29 is 4.74 Å². The van der Waals surface area contributed by atoms with E-state index in [4.69, 9.17) is 16.3 Å². The lowest BCUT2D eigenvalue weighted by molar-refractivity contribution is 0.334. The van der Waals surface area contributed by atoms with Gasteiger partial charge in [-0.3, -0.25) is 4.98 Å². The first-order valence-corrected chi connectivity index (χ1v) is 4.88. The lowest BCUT2D eigenvalue weighted by atomic mass is 10.1. The van der Waals surface area contributed by atoms with Gasteiger partial charge in [-0.05, 0) is 20.8 Å². The largest absolute Gasteiger partial charge is 0.493 e. The Hall–Kier alpha value is -0.470. The van der Waals surface area contributed by atoms with Crippen LogP contribution in [0.1, 0.15) is 23.7 Å². The standard InChI is InChI=1S/C10H14ClNO.ClH/c1-4-13-10-7(2)6-12-9(5-11)8(10)3;/h6H,4-5H2,1-3H3;1H. The number of ether oxygens (including phenoxy) is 1. The Balaban J connectivity index is 0.00000169. The van der Waals surface area contributed by atoms with Crippen LogP contribution < -0.4 is 4.74 Å². The zero-order valence-corrected chi connectivity index (χ0v) is 10.2. The summed E-state index contributed by atoms with van der Waals surface area (Å²) >= 11 is 5.74. The third-order valence-electron chi connectivity index (χ3n) is 1.96. The van der Waals surface area contributed by atoms with Crippen LogP contribution in [0.3, 0.4) is 0 Å². The van der Waals surface area contributed by atoms with Crippen LogP contribution in [0, 0.1) is 13.8 Å². The summed E-state index contributed by atoms with van der Waals surface area (Å²) in [7, 11) is 0. The van der Waals surface area contributed by atoms with Crippen LogP contribution in [-0.2, 0) is 5.88 Å². The van der Waals surface area contributed by atoms with Gasteiger partial charge in [-0.1, -0.05) is 0 Å². The molecular formula is C10H15Cl2NO. The van der Waals surface area contributed by atoms with Gasteiger partial charge in [-0.25, -0.2) is 0 Å². The quantitative estimate of drug-likeness (QED) is 0.751. The number of rotatable bonds is 3. The van der Waals surface area contributed by atoms with E-state index in [9.17, 15) is 0 Å². The minimum absolute atomic E-state index is 0. The highest BCUT2D eigenvalue weighted by Gasteiger charge is 2.08. The van der Waals surface area contributed by atoms with Gasteiger partial charge in [0.05, 0.1) is 18.2 Å². The number of aryl methyl sites for hydroxylation is 1. The topological polar surface area (TPSA) is 22.1 Å². The van der Waals surface area contributed by atoms with Crippen molar-refractivity contribution in [1.29, 1.82) is 0 Å². The van der Waals surface area contributed by atoms with Gasteiger partial charge in [0.25, 0.3) is 0 Å². The molecule has 0 fully saturated rings.